The number of rotatable bonds is 5. The summed E-state index contributed by atoms with van der Waals surface area (Å²) < 4.78 is 8.77. The number of amides is 1. The molecule has 0 aromatic heterocycles. The van der Waals surface area contributed by atoms with Crippen LogP contribution in [0.1, 0.15) is 13.8 Å². The van der Waals surface area contributed by atoms with Gasteiger partial charge >= 0.3 is 12.1 Å². The van der Waals surface area contributed by atoms with Crippen molar-refractivity contribution in [2.45, 2.75) is 13.8 Å². The fourth-order valence-corrected chi connectivity index (χ4v) is 0.495. The molecule has 2 N–H and O–H groups in total. The molecule has 0 radical (unpaired) electrons. The maximum Gasteiger partial charge on any atom is 0.404 e. The van der Waals surface area contributed by atoms with Crippen LogP contribution in [0, 0.1) is 0 Å². The molecule has 17 heavy (non-hydrogen) atoms. The van der Waals surface area contributed by atoms with E-state index in [2.05, 4.69) is 26.8 Å². The van der Waals surface area contributed by atoms with Gasteiger partial charge in [-0.15, -0.1) is 0 Å². The van der Waals surface area contributed by atoms with E-state index in [1.165, 1.54) is 6.08 Å². The number of carbonyl (C=O) groups is 2. The number of nitrogens with two attached hydrogens (primary N) is 1. The van der Waals surface area contributed by atoms with Gasteiger partial charge in [0.15, 0.2) is 0 Å². The zero-order valence-electron chi connectivity index (χ0n) is 9.89. The normalized spacial score (nSPS) is 7.88. The Morgan fingerprint density at radius 3 is 2.29 bits per heavy atom. The smallest absolute Gasteiger partial charge is 0.404 e. The standard InChI is InChI=1S/C7H9NO3.C3H7NO2/c1-6(2)7(10)11-4-3-8-5-9;1-2-6-3(4)5/h1,3-4H2,2H3;2H2,1H3,(H2,4,5). The van der Waals surface area contributed by atoms with E-state index in [-0.39, 0.29) is 13.2 Å². The monoisotopic (exact) mass is 244 g/mol. The third kappa shape index (κ3) is 16.5. The summed E-state index contributed by atoms with van der Waals surface area (Å²) in [5, 5.41) is 0. The number of ether oxygens (including phenoxy) is 2. The largest absolute Gasteiger partial charge is 0.460 e. The lowest BCUT2D eigenvalue weighted by Crippen LogP contribution is -2.11. The van der Waals surface area contributed by atoms with Crippen molar-refractivity contribution in [3.8, 4) is 0 Å². The fourth-order valence-electron chi connectivity index (χ4n) is 0.495. The average Bonchev–Trinajstić information content (AvgIpc) is 2.24. The third-order valence-corrected chi connectivity index (χ3v) is 1.14. The van der Waals surface area contributed by atoms with Crippen LogP contribution in [0.3, 0.4) is 0 Å². The molecular weight excluding hydrogens is 228 g/mol. The molecule has 0 aliphatic carbocycles. The van der Waals surface area contributed by atoms with Gasteiger partial charge in [-0.25, -0.2) is 19.4 Å². The minimum absolute atomic E-state index is 0.0981. The molecule has 7 heteroatoms. The summed E-state index contributed by atoms with van der Waals surface area (Å²) in [6.45, 7) is 7.23. The van der Waals surface area contributed by atoms with Crippen LogP contribution in [-0.4, -0.2) is 37.9 Å². The number of carbonyl (C=O) groups excluding carboxylic acids is 3. The summed E-state index contributed by atoms with van der Waals surface area (Å²) in [6.07, 6.45) is 0.621. The van der Waals surface area contributed by atoms with E-state index in [9.17, 15) is 14.4 Å². The number of isocyanates is 1. The second kappa shape index (κ2) is 11.9. The van der Waals surface area contributed by atoms with Crippen molar-refractivity contribution in [3.63, 3.8) is 0 Å². The van der Waals surface area contributed by atoms with Gasteiger partial charge in [-0.05, 0) is 13.8 Å². The van der Waals surface area contributed by atoms with Crippen molar-refractivity contribution < 1.29 is 23.9 Å². The van der Waals surface area contributed by atoms with Gasteiger partial charge < -0.3 is 15.2 Å². The maximum atomic E-state index is 10.6. The quantitative estimate of drug-likeness (QED) is 0.250. The third-order valence-electron chi connectivity index (χ3n) is 1.14. The minimum Gasteiger partial charge on any atom is -0.460 e. The molecule has 7 nitrogen and oxygen atoms in total. The molecule has 0 fully saturated rings. The highest BCUT2D eigenvalue weighted by Gasteiger charge is 2.00. The van der Waals surface area contributed by atoms with Crippen molar-refractivity contribution in [1.82, 2.24) is 0 Å². The number of primary amides is 1. The van der Waals surface area contributed by atoms with Gasteiger partial charge in [-0.1, -0.05) is 6.58 Å². The van der Waals surface area contributed by atoms with Crippen LogP contribution in [0.15, 0.2) is 17.1 Å². The Kier molecular flexibility index (Phi) is 12.1. The molecule has 0 atom stereocenters. The topological polar surface area (TPSA) is 108 Å². The highest BCUT2D eigenvalue weighted by Crippen LogP contribution is 1.90. The minimum atomic E-state index is -0.711. The second-order valence-electron chi connectivity index (χ2n) is 2.64. The maximum absolute atomic E-state index is 10.6. The van der Waals surface area contributed by atoms with E-state index in [0.717, 1.165) is 0 Å². The molecule has 0 saturated carbocycles. The zero-order chi connectivity index (χ0) is 13.7. The van der Waals surface area contributed by atoms with Crippen LogP contribution in [0.2, 0.25) is 0 Å². The second-order valence-corrected chi connectivity index (χ2v) is 2.64. The lowest BCUT2D eigenvalue weighted by molar-refractivity contribution is -0.138. The summed E-state index contributed by atoms with van der Waals surface area (Å²) >= 11 is 0. The van der Waals surface area contributed by atoms with Crippen molar-refractivity contribution in [2.75, 3.05) is 19.8 Å². The first-order valence-electron chi connectivity index (χ1n) is 4.74. The van der Waals surface area contributed by atoms with Gasteiger partial charge in [-0.2, -0.15) is 0 Å². The lowest BCUT2D eigenvalue weighted by atomic mass is 10.4. The number of aliphatic imine (C=N–C) groups is 1. The molecule has 0 rings (SSSR count). The Morgan fingerprint density at radius 2 is 2.00 bits per heavy atom. The van der Waals surface area contributed by atoms with Crippen molar-refractivity contribution in [3.05, 3.63) is 12.2 Å². The van der Waals surface area contributed by atoms with Gasteiger partial charge in [0.1, 0.15) is 6.61 Å². The molecule has 0 aromatic carbocycles. The molecule has 0 aliphatic rings. The van der Waals surface area contributed by atoms with E-state index in [4.69, 9.17) is 0 Å². The van der Waals surface area contributed by atoms with Crippen LogP contribution < -0.4 is 5.73 Å². The number of hydrogen-bond acceptors (Lipinski definition) is 6. The number of hydrogen-bond donors (Lipinski definition) is 1. The van der Waals surface area contributed by atoms with Crippen LogP contribution in [0.4, 0.5) is 4.79 Å². The van der Waals surface area contributed by atoms with E-state index in [1.54, 1.807) is 13.8 Å². The Hall–Kier alpha value is -2.14. The van der Waals surface area contributed by atoms with E-state index in [0.29, 0.717) is 12.2 Å². The fraction of sp³-hybridized carbons (Fsp3) is 0.500. The lowest BCUT2D eigenvalue weighted by Gasteiger charge is -1.99. The molecule has 0 spiro atoms. The molecular formula is C10H16N2O5. The summed E-state index contributed by atoms with van der Waals surface area (Å²) in [5.41, 5.74) is 4.88. The van der Waals surface area contributed by atoms with Crippen molar-refractivity contribution in [2.24, 2.45) is 10.7 Å². The van der Waals surface area contributed by atoms with Gasteiger partial charge in [0, 0.05) is 5.57 Å². The average molecular weight is 244 g/mol. The first-order valence-corrected chi connectivity index (χ1v) is 4.74. The highest BCUT2D eigenvalue weighted by molar-refractivity contribution is 5.86. The molecule has 0 bridgehead atoms. The summed E-state index contributed by atoms with van der Waals surface area (Å²) in [5.74, 6) is -0.467. The van der Waals surface area contributed by atoms with E-state index >= 15 is 0 Å². The predicted molar refractivity (Wildman–Crippen MR) is 60.0 cm³/mol. The van der Waals surface area contributed by atoms with Gasteiger partial charge in [0.2, 0.25) is 6.08 Å². The molecule has 0 heterocycles. The first kappa shape index (κ1) is 17.3. The van der Waals surface area contributed by atoms with Crippen LogP contribution in [-0.2, 0) is 19.1 Å². The van der Waals surface area contributed by atoms with Gasteiger partial charge in [-0.3, -0.25) is 0 Å². The molecule has 0 saturated heterocycles. The Balaban J connectivity index is 0. The number of nitrogens with zero attached hydrogens (tertiary/aromatic N) is 1. The predicted octanol–water partition coefficient (Wildman–Crippen LogP) is 0.543. The highest BCUT2D eigenvalue weighted by atomic mass is 16.5. The molecule has 0 aliphatic heterocycles. The Morgan fingerprint density at radius 1 is 1.41 bits per heavy atom. The van der Waals surface area contributed by atoms with Crippen molar-refractivity contribution >= 4 is 18.1 Å². The molecule has 0 unspecified atom stereocenters. The number of esters is 1. The molecule has 96 valence electrons. The van der Waals surface area contributed by atoms with Gasteiger partial charge in [0.25, 0.3) is 0 Å². The van der Waals surface area contributed by atoms with Crippen LogP contribution >= 0.6 is 0 Å². The summed E-state index contributed by atoms with van der Waals surface area (Å²) in [4.78, 5) is 33.0. The molecule has 1 amide bonds. The zero-order valence-corrected chi connectivity index (χ0v) is 9.89. The Bertz CT molecular complexity index is 308. The first-order chi connectivity index (χ1) is 7.95. The van der Waals surface area contributed by atoms with Crippen LogP contribution in [0.5, 0.6) is 0 Å². The Labute approximate surface area is 99.3 Å². The summed E-state index contributed by atoms with van der Waals surface area (Å²) in [6, 6.07) is 0. The van der Waals surface area contributed by atoms with E-state index in [1.807, 2.05) is 0 Å². The summed E-state index contributed by atoms with van der Waals surface area (Å²) in [7, 11) is 0. The van der Waals surface area contributed by atoms with Crippen molar-refractivity contribution in [1.29, 1.82) is 0 Å². The van der Waals surface area contributed by atoms with E-state index < -0.39 is 12.1 Å². The van der Waals surface area contributed by atoms with Crippen LogP contribution in [0.25, 0.3) is 0 Å². The van der Waals surface area contributed by atoms with Gasteiger partial charge in [0.05, 0.1) is 13.2 Å². The SMILES string of the molecule is C=C(C)C(=O)OCCN=C=O.CCOC(N)=O. The molecule has 0 aromatic rings.